The van der Waals surface area contributed by atoms with Crippen molar-refractivity contribution in [2.75, 3.05) is 24.6 Å². The standard InChI is InChI=1S/2C10H17N3O6S.C4H8N2O2/c2*11-5(10(18)19)1-2-7(14)13-6(4-20)9(17)12-3-8(15)16;1-3(5-7)4(2)6-8/h2*5-6,20H,1-4,11H2,(H,12,17)(H,13,14)(H,15,16)(H,18,19);7-8H,1-2H3/b;;5-3+,6-4+/t2*5-,6-;/m00./s1. The van der Waals surface area contributed by atoms with E-state index in [-0.39, 0.29) is 37.2 Å². The minimum absolute atomic E-state index is 0.0256. The second-order valence-corrected chi connectivity index (χ2v) is 9.90. The molecule has 48 heavy (non-hydrogen) atoms. The van der Waals surface area contributed by atoms with Gasteiger partial charge in [-0.3, -0.25) is 38.4 Å². The van der Waals surface area contributed by atoms with Crippen molar-refractivity contribution in [3.8, 4) is 0 Å². The lowest BCUT2D eigenvalue weighted by Gasteiger charge is -2.16. The summed E-state index contributed by atoms with van der Waals surface area (Å²) in [5.74, 6) is -7.41. The van der Waals surface area contributed by atoms with E-state index in [0.29, 0.717) is 11.4 Å². The van der Waals surface area contributed by atoms with Gasteiger partial charge in [-0.2, -0.15) is 25.3 Å². The van der Waals surface area contributed by atoms with E-state index >= 15 is 0 Å². The molecule has 0 aromatic carbocycles. The molecule has 0 radical (unpaired) electrons. The second kappa shape index (κ2) is 27.4. The van der Waals surface area contributed by atoms with E-state index in [4.69, 9.17) is 42.3 Å². The van der Waals surface area contributed by atoms with Crippen LogP contribution in [0, 0.1) is 0 Å². The average Bonchev–Trinajstić information content (AvgIpc) is 3.04. The van der Waals surface area contributed by atoms with Crippen LogP contribution in [0.2, 0.25) is 0 Å². The lowest BCUT2D eigenvalue weighted by atomic mass is 10.1. The molecule has 0 aromatic heterocycles. The maximum absolute atomic E-state index is 11.5. The molecule has 0 spiro atoms. The Bertz CT molecular complexity index is 1080. The van der Waals surface area contributed by atoms with Gasteiger partial charge >= 0.3 is 23.9 Å². The second-order valence-electron chi connectivity index (χ2n) is 9.17. The Labute approximate surface area is 284 Å². The van der Waals surface area contributed by atoms with E-state index in [9.17, 15) is 38.4 Å². The van der Waals surface area contributed by atoms with Gasteiger partial charge in [0.25, 0.3) is 0 Å². The predicted octanol–water partition coefficient (Wildman–Crippen LogP) is -3.73. The number of nitrogens with one attached hydrogen (secondary N) is 4. The normalized spacial score (nSPS) is 13.3. The third-order valence-corrected chi connectivity index (χ3v) is 6.05. The Morgan fingerprint density at radius 1 is 0.625 bits per heavy atom. The number of oxime groups is 2. The number of carbonyl (C=O) groups is 8. The van der Waals surface area contributed by atoms with Crippen LogP contribution >= 0.6 is 25.3 Å². The molecule has 0 saturated heterocycles. The molecule has 4 atom stereocenters. The first kappa shape index (κ1) is 47.7. The molecule has 0 heterocycles. The van der Waals surface area contributed by atoms with Crippen LogP contribution in [-0.4, -0.2) is 139 Å². The van der Waals surface area contributed by atoms with Crippen LogP contribution in [0.4, 0.5) is 0 Å². The summed E-state index contributed by atoms with van der Waals surface area (Å²) < 4.78 is 0. The van der Waals surface area contributed by atoms with E-state index in [0.717, 1.165) is 0 Å². The van der Waals surface area contributed by atoms with Crippen LogP contribution in [0.15, 0.2) is 10.3 Å². The summed E-state index contributed by atoms with van der Waals surface area (Å²) in [6, 6.07) is -4.30. The molecule has 0 aliphatic heterocycles. The van der Waals surface area contributed by atoms with Crippen molar-refractivity contribution in [1.82, 2.24) is 21.3 Å². The molecule has 14 N–H and O–H groups in total. The third-order valence-electron chi connectivity index (χ3n) is 5.32. The predicted molar refractivity (Wildman–Crippen MR) is 172 cm³/mol. The summed E-state index contributed by atoms with van der Waals surface area (Å²) in [5, 5.41) is 64.4. The Morgan fingerprint density at radius 2 is 0.917 bits per heavy atom. The van der Waals surface area contributed by atoms with E-state index in [2.05, 4.69) is 56.8 Å². The molecule has 4 amide bonds. The smallest absolute Gasteiger partial charge is 0.322 e. The molecule has 24 heteroatoms. The number of nitrogens with zero attached hydrogens (tertiary/aromatic N) is 2. The lowest BCUT2D eigenvalue weighted by Crippen LogP contribution is -2.49. The van der Waals surface area contributed by atoms with Gasteiger partial charge in [0.1, 0.15) is 48.7 Å². The number of thiol groups is 2. The Balaban J connectivity index is -0.000000689. The summed E-state index contributed by atoms with van der Waals surface area (Å²) in [7, 11) is 0. The fourth-order valence-electron chi connectivity index (χ4n) is 2.46. The van der Waals surface area contributed by atoms with Crippen molar-refractivity contribution in [2.45, 2.75) is 63.7 Å². The van der Waals surface area contributed by atoms with Crippen molar-refractivity contribution >= 4 is 84.2 Å². The highest BCUT2D eigenvalue weighted by molar-refractivity contribution is 7.80. The fraction of sp³-hybridized carbons (Fsp3) is 0.583. The van der Waals surface area contributed by atoms with Gasteiger partial charge in [0, 0.05) is 24.3 Å². The van der Waals surface area contributed by atoms with Gasteiger partial charge in [0.05, 0.1) is 0 Å². The number of carboxylic acids is 4. The molecule has 0 saturated carbocycles. The zero-order chi connectivity index (χ0) is 38.0. The Kier molecular flexibility index (Phi) is 27.3. The first-order chi connectivity index (χ1) is 22.3. The van der Waals surface area contributed by atoms with Crippen LogP contribution in [0.5, 0.6) is 0 Å². The first-order valence-electron chi connectivity index (χ1n) is 13.4. The zero-order valence-corrected chi connectivity index (χ0v) is 27.6. The van der Waals surface area contributed by atoms with Gasteiger partial charge in [0.15, 0.2) is 0 Å². The number of hydrogen-bond acceptors (Lipinski definition) is 16. The molecule has 0 fully saturated rings. The molecule has 0 aliphatic rings. The van der Waals surface area contributed by atoms with Crippen molar-refractivity contribution in [2.24, 2.45) is 21.8 Å². The van der Waals surface area contributed by atoms with Crippen molar-refractivity contribution < 1.29 is 69.2 Å². The summed E-state index contributed by atoms with van der Waals surface area (Å²) >= 11 is 7.75. The molecule has 0 bridgehead atoms. The molecular weight excluding hydrogens is 688 g/mol. The number of rotatable bonds is 19. The Morgan fingerprint density at radius 3 is 1.12 bits per heavy atom. The van der Waals surface area contributed by atoms with Crippen LogP contribution < -0.4 is 32.7 Å². The van der Waals surface area contributed by atoms with Crippen molar-refractivity contribution in [1.29, 1.82) is 0 Å². The van der Waals surface area contributed by atoms with Crippen LogP contribution in [-0.2, 0) is 38.4 Å². The van der Waals surface area contributed by atoms with E-state index in [1.54, 1.807) is 0 Å². The highest BCUT2D eigenvalue weighted by Gasteiger charge is 2.22. The molecule has 22 nitrogen and oxygen atoms in total. The molecule has 0 unspecified atom stereocenters. The SMILES string of the molecule is CC(=N\O)/C(C)=N/O.N[C@@H](CCC(=O)N[C@@H](CS)C(=O)NCC(=O)O)C(=O)O.N[C@@H](CCC(=O)N[C@@H](CS)C(=O)NCC(=O)O)C(=O)O. The summed E-state index contributed by atoms with van der Waals surface area (Å²) in [6.45, 7) is 1.94. The van der Waals surface area contributed by atoms with Gasteiger partial charge in [-0.25, -0.2) is 0 Å². The van der Waals surface area contributed by atoms with E-state index in [1.807, 2.05) is 0 Å². The number of hydrogen-bond donors (Lipinski definition) is 14. The molecular formula is C24H42N8O14S2. The first-order valence-corrected chi connectivity index (χ1v) is 14.7. The van der Waals surface area contributed by atoms with Gasteiger partial charge < -0.3 is 63.6 Å². The number of nitrogens with two attached hydrogens (primary N) is 2. The van der Waals surface area contributed by atoms with E-state index < -0.39 is 84.8 Å². The summed E-state index contributed by atoms with van der Waals surface area (Å²) in [6.07, 6.45) is -0.470. The molecule has 274 valence electrons. The number of aliphatic carboxylic acids is 4. The minimum Gasteiger partial charge on any atom is -0.480 e. The summed E-state index contributed by atoms with van der Waals surface area (Å²) in [4.78, 5) is 87.5. The topological polar surface area (TPSA) is 383 Å². The largest absolute Gasteiger partial charge is 0.480 e. The monoisotopic (exact) mass is 730 g/mol. The van der Waals surface area contributed by atoms with Crippen LogP contribution in [0.1, 0.15) is 39.5 Å². The van der Waals surface area contributed by atoms with Crippen LogP contribution in [0.3, 0.4) is 0 Å². The van der Waals surface area contributed by atoms with Crippen molar-refractivity contribution in [3.63, 3.8) is 0 Å². The molecule has 0 rings (SSSR count). The van der Waals surface area contributed by atoms with Gasteiger partial charge in [-0.1, -0.05) is 10.3 Å². The zero-order valence-electron chi connectivity index (χ0n) is 25.9. The van der Waals surface area contributed by atoms with Crippen molar-refractivity contribution in [3.05, 3.63) is 0 Å². The third kappa shape index (κ3) is 25.5. The molecule has 0 aromatic rings. The van der Waals surface area contributed by atoms with Gasteiger partial charge in [0.2, 0.25) is 23.6 Å². The number of carbonyl (C=O) groups excluding carboxylic acids is 4. The number of amides is 4. The highest BCUT2D eigenvalue weighted by atomic mass is 32.1. The number of carboxylic acid groups (broad SMARTS) is 4. The highest BCUT2D eigenvalue weighted by Crippen LogP contribution is 1.98. The van der Waals surface area contributed by atoms with Crippen LogP contribution in [0.25, 0.3) is 0 Å². The van der Waals surface area contributed by atoms with E-state index in [1.165, 1.54) is 13.8 Å². The fourth-order valence-corrected chi connectivity index (χ4v) is 2.97. The quantitative estimate of drug-likeness (QED) is 0.0263. The Hall–Kier alpha value is -4.68. The summed E-state index contributed by atoms with van der Waals surface area (Å²) in [5.41, 5.74) is 11.1. The minimum atomic E-state index is -1.22. The maximum Gasteiger partial charge on any atom is 0.322 e. The lowest BCUT2D eigenvalue weighted by molar-refractivity contribution is -0.140. The molecule has 0 aliphatic carbocycles. The van der Waals surface area contributed by atoms with Gasteiger partial charge in [-0.15, -0.1) is 0 Å². The maximum atomic E-state index is 11.5. The average molecular weight is 731 g/mol. The van der Waals surface area contributed by atoms with Gasteiger partial charge in [-0.05, 0) is 26.7 Å².